The highest BCUT2D eigenvalue weighted by Crippen LogP contribution is 2.32. The molecule has 1 atom stereocenters. The summed E-state index contributed by atoms with van der Waals surface area (Å²) in [4.78, 5) is 4.28. The third-order valence-electron chi connectivity index (χ3n) is 4.81. The van der Waals surface area contributed by atoms with Gasteiger partial charge in [-0.05, 0) is 62.7 Å². The van der Waals surface area contributed by atoms with Crippen molar-refractivity contribution in [3.8, 4) is 0 Å². The van der Waals surface area contributed by atoms with Crippen LogP contribution in [0.1, 0.15) is 55.5 Å². The van der Waals surface area contributed by atoms with E-state index in [1.807, 2.05) is 11.3 Å². The van der Waals surface area contributed by atoms with Crippen molar-refractivity contribution in [3.05, 3.63) is 21.9 Å². The minimum Gasteiger partial charge on any atom is -0.314 e. The maximum atomic E-state index is 3.73. The molecule has 106 valence electrons. The minimum atomic E-state index is 0.626. The Kier molecular flexibility index (Phi) is 4.57. The summed E-state index contributed by atoms with van der Waals surface area (Å²) < 4.78 is 0. The molecule has 1 aliphatic heterocycles. The molecule has 2 heterocycles. The van der Waals surface area contributed by atoms with Crippen LogP contribution in [0.5, 0.6) is 0 Å². The lowest BCUT2D eigenvalue weighted by molar-refractivity contribution is 0.197. The topological polar surface area (TPSA) is 15.3 Å². The van der Waals surface area contributed by atoms with Gasteiger partial charge >= 0.3 is 0 Å². The van der Waals surface area contributed by atoms with Gasteiger partial charge in [0.2, 0.25) is 0 Å². The minimum absolute atomic E-state index is 0.626. The van der Waals surface area contributed by atoms with E-state index in [1.165, 1.54) is 58.2 Å². The van der Waals surface area contributed by atoms with E-state index >= 15 is 0 Å². The maximum absolute atomic E-state index is 3.73. The van der Waals surface area contributed by atoms with E-state index in [9.17, 15) is 0 Å². The smallest absolute Gasteiger partial charge is 0.0331 e. The van der Waals surface area contributed by atoms with E-state index < -0.39 is 0 Å². The van der Waals surface area contributed by atoms with Crippen molar-refractivity contribution in [3.63, 3.8) is 0 Å². The van der Waals surface area contributed by atoms with Gasteiger partial charge in [0.05, 0.1) is 0 Å². The van der Waals surface area contributed by atoms with Gasteiger partial charge in [0, 0.05) is 23.5 Å². The molecule has 19 heavy (non-hydrogen) atoms. The molecule has 0 amide bonds. The van der Waals surface area contributed by atoms with Crippen LogP contribution < -0.4 is 5.32 Å². The zero-order chi connectivity index (χ0) is 13.1. The van der Waals surface area contributed by atoms with E-state index in [2.05, 4.69) is 28.6 Å². The molecular weight excluding hydrogens is 252 g/mol. The number of fused-ring (bicyclic) bond motifs is 1. The van der Waals surface area contributed by atoms with Crippen molar-refractivity contribution in [2.75, 3.05) is 19.6 Å². The van der Waals surface area contributed by atoms with Crippen molar-refractivity contribution < 1.29 is 0 Å². The Bertz CT molecular complexity index is 395. The lowest BCUT2D eigenvalue weighted by Crippen LogP contribution is -2.36. The number of hydrogen-bond acceptors (Lipinski definition) is 3. The van der Waals surface area contributed by atoms with E-state index in [-0.39, 0.29) is 0 Å². The molecular formula is C16H26N2S. The van der Waals surface area contributed by atoms with Gasteiger partial charge in [-0.1, -0.05) is 12.8 Å². The Morgan fingerprint density at radius 1 is 1.37 bits per heavy atom. The first-order valence-corrected chi connectivity index (χ1v) is 8.76. The monoisotopic (exact) mass is 278 g/mol. The average molecular weight is 278 g/mol. The van der Waals surface area contributed by atoms with Crippen LogP contribution in [-0.2, 0) is 6.42 Å². The molecule has 0 saturated heterocycles. The van der Waals surface area contributed by atoms with Crippen molar-refractivity contribution in [2.45, 2.75) is 57.5 Å². The number of nitrogens with one attached hydrogen (secondary N) is 1. The van der Waals surface area contributed by atoms with Gasteiger partial charge in [-0.3, -0.25) is 4.90 Å². The van der Waals surface area contributed by atoms with Gasteiger partial charge in [-0.2, -0.15) is 0 Å². The van der Waals surface area contributed by atoms with Crippen LogP contribution in [0.2, 0.25) is 0 Å². The summed E-state index contributed by atoms with van der Waals surface area (Å²) in [6.45, 7) is 6.06. The molecule has 0 aromatic carbocycles. The molecule has 2 nitrogen and oxygen atoms in total. The fourth-order valence-electron chi connectivity index (χ4n) is 3.59. The molecule has 1 aromatic rings. The van der Waals surface area contributed by atoms with Crippen LogP contribution in [-0.4, -0.2) is 30.6 Å². The highest BCUT2D eigenvalue weighted by Gasteiger charge is 2.24. The third-order valence-corrected chi connectivity index (χ3v) is 5.81. The van der Waals surface area contributed by atoms with E-state index in [4.69, 9.17) is 0 Å². The van der Waals surface area contributed by atoms with Gasteiger partial charge < -0.3 is 5.32 Å². The summed E-state index contributed by atoms with van der Waals surface area (Å²) in [5.41, 5.74) is 1.58. The fraction of sp³-hybridized carbons (Fsp3) is 0.750. The maximum Gasteiger partial charge on any atom is 0.0331 e. The average Bonchev–Trinajstić information content (AvgIpc) is 3.08. The summed E-state index contributed by atoms with van der Waals surface area (Å²) in [5.74, 6) is 0. The second-order valence-corrected chi connectivity index (χ2v) is 7.05. The van der Waals surface area contributed by atoms with Gasteiger partial charge in [0.25, 0.3) is 0 Å². The Balaban J connectivity index is 1.41. The molecule has 0 bridgehead atoms. The molecule has 1 N–H and O–H groups in total. The number of nitrogens with zero attached hydrogens (tertiary/aromatic N) is 1. The summed E-state index contributed by atoms with van der Waals surface area (Å²) in [6.07, 6.45) is 8.22. The Morgan fingerprint density at radius 3 is 3.05 bits per heavy atom. The zero-order valence-corrected chi connectivity index (χ0v) is 12.8. The second kappa shape index (κ2) is 6.38. The van der Waals surface area contributed by atoms with Crippen molar-refractivity contribution >= 4 is 11.3 Å². The van der Waals surface area contributed by atoms with Crippen molar-refractivity contribution in [1.82, 2.24) is 10.2 Å². The third kappa shape index (κ3) is 3.21. The number of hydrogen-bond donors (Lipinski definition) is 1. The molecule has 1 aliphatic carbocycles. The van der Waals surface area contributed by atoms with Gasteiger partial charge in [0.1, 0.15) is 0 Å². The lowest BCUT2D eigenvalue weighted by Gasteiger charge is -2.33. The van der Waals surface area contributed by atoms with Crippen LogP contribution in [0, 0.1) is 0 Å². The Labute approximate surface area is 121 Å². The van der Waals surface area contributed by atoms with Crippen LogP contribution in [0.15, 0.2) is 11.4 Å². The predicted octanol–water partition coefficient (Wildman–Crippen LogP) is 3.59. The van der Waals surface area contributed by atoms with Crippen LogP contribution in [0.4, 0.5) is 0 Å². The van der Waals surface area contributed by atoms with Gasteiger partial charge in [-0.15, -0.1) is 11.3 Å². The highest BCUT2D eigenvalue weighted by atomic mass is 32.1. The molecule has 1 saturated carbocycles. The quantitative estimate of drug-likeness (QED) is 0.828. The normalized spacial score (nSPS) is 24.8. The van der Waals surface area contributed by atoms with E-state index in [0.717, 1.165) is 6.04 Å². The fourth-order valence-corrected chi connectivity index (χ4v) is 4.55. The van der Waals surface area contributed by atoms with Crippen molar-refractivity contribution in [1.29, 1.82) is 0 Å². The zero-order valence-electron chi connectivity index (χ0n) is 12.0. The highest BCUT2D eigenvalue weighted by molar-refractivity contribution is 7.10. The lowest BCUT2D eigenvalue weighted by atomic mass is 10.0. The Morgan fingerprint density at radius 2 is 2.21 bits per heavy atom. The predicted molar refractivity (Wildman–Crippen MR) is 82.9 cm³/mol. The Hall–Kier alpha value is -0.380. The summed E-state index contributed by atoms with van der Waals surface area (Å²) in [7, 11) is 0. The molecule has 1 unspecified atom stereocenters. The van der Waals surface area contributed by atoms with E-state index in [1.54, 1.807) is 10.4 Å². The van der Waals surface area contributed by atoms with E-state index in [0.29, 0.717) is 6.04 Å². The van der Waals surface area contributed by atoms with Crippen LogP contribution in [0.3, 0.4) is 0 Å². The first-order chi connectivity index (χ1) is 9.34. The van der Waals surface area contributed by atoms with Crippen molar-refractivity contribution in [2.24, 2.45) is 0 Å². The van der Waals surface area contributed by atoms with Crippen LogP contribution in [0.25, 0.3) is 0 Å². The first kappa shape index (κ1) is 13.6. The largest absolute Gasteiger partial charge is 0.314 e. The number of thiophene rings is 1. The van der Waals surface area contributed by atoms with Gasteiger partial charge in [-0.25, -0.2) is 0 Å². The van der Waals surface area contributed by atoms with Gasteiger partial charge in [0.15, 0.2) is 0 Å². The molecule has 3 heteroatoms. The second-order valence-electron chi connectivity index (χ2n) is 6.05. The number of rotatable bonds is 5. The van der Waals surface area contributed by atoms with Crippen LogP contribution >= 0.6 is 11.3 Å². The molecule has 0 radical (unpaired) electrons. The standard InChI is InChI=1S/C16H26N2S/c1-13-15-8-12-19-16(15)7-11-18(13)10-4-9-17-14-5-2-3-6-14/h8,12-14,17H,2-7,9-11H2,1H3. The molecule has 3 rings (SSSR count). The first-order valence-electron chi connectivity index (χ1n) is 7.88. The molecule has 2 aliphatic rings. The summed E-state index contributed by atoms with van der Waals surface area (Å²) in [6, 6.07) is 3.77. The summed E-state index contributed by atoms with van der Waals surface area (Å²) >= 11 is 1.94. The SMILES string of the molecule is CC1c2ccsc2CCN1CCCNC1CCCC1. The molecule has 1 aromatic heterocycles. The molecule has 1 fully saturated rings. The summed E-state index contributed by atoms with van der Waals surface area (Å²) in [5, 5.41) is 5.98. The molecule has 0 spiro atoms.